The molecule has 2 aliphatic heterocycles. The zero-order valence-electron chi connectivity index (χ0n) is 20.1. The monoisotopic (exact) mass is 496 g/mol. The number of carbonyl (C=O) groups is 1. The van der Waals surface area contributed by atoms with Crippen LogP contribution in [0.3, 0.4) is 0 Å². The Bertz CT molecular complexity index is 935. The maximum atomic E-state index is 13.2. The normalized spacial score (nSPS) is 28.2. The minimum absolute atomic E-state index is 0.113. The molecule has 0 spiro atoms. The number of sulfonamides is 1. The second-order valence-corrected chi connectivity index (χ2v) is 11.7. The van der Waals surface area contributed by atoms with Crippen molar-refractivity contribution in [1.29, 1.82) is 0 Å². The van der Waals surface area contributed by atoms with Gasteiger partial charge in [0.25, 0.3) is 0 Å². The minimum Gasteiger partial charge on any atom is -0.497 e. The van der Waals surface area contributed by atoms with E-state index < -0.39 is 16.1 Å². The van der Waals surface area contributed by atoms with E-state index in [1.165, 1.54) is 4.31 Å². The van der Waals surface area contributed by atoms with Gasteiger partial charge in [-0.2, -0.15) is 4.31 Å². The zero-order valence-corrected chi connectivity index (χ0v) is 21.0. The van der Waals surface area contributed by atoms with Gasteiger partial charge in [-0.3, -0.25) is 0 Å². The summed E-state index contributed by atoms with van der Waals surface area (Å²) in [5.41, 5.74) is 0. The van der Waals surface area contributed by atoms with Gasteiger partial charge in [0, 0.05) is 31.5 Å². The summed E-state index contributed by atoms with van der Waals surface area (Å²) in [6.45, 7) is 6.31. The molecule has 10 heteroatoms. The molecule has 3 aliphatic rings. The molecule has 0 aromatic heterocycles. The van der Waals surface area contributed by atoms with E-state index in [2.05, 4.69) is 5.32 Å². The molecule has 2 saturated heterocycles. The van der Waals surface area contributed by atoms with Crippen LogP contribution in [0.5, 0.6) is 5.75 Å². The van der Waals surface area contributed by atoms with Crippen LogP contribution in [0.25, 0.3) is 0 Å². The predicted molar refractivity (Wildman–Crippen MR) is 125 cm³/mol. The molecule has 0 bridgehead atoms. The first kappa shape index (κ1) is 25.2. The van der Waals surface area contributed by atoms with Crippen LogP contribution in [0.2, 0.25) is 0 Å². The second-order valence-electron chi connectivity index (χ2n) is 9.75. The van der Waals surface area contributed by atoms with E-state index in [0.717, 1.165) is 12.8 Å². The van der Waals surface area contributed by atoms with Gasteiger partial charge in [-0.25, -0.2) is 13.2 Å². The largest absolute Gasteiger partial charge is 0.497 e. The van der Waals surface area contributed by atoms with Crippen LogP contribution in [-0.4, -0.2) is 71.2 Å². The quantitative estimate of drug-likeness (QED) is 0.497. The SMILES string of the molecule is COc1ccc(S(=O)(=O)N(CCCNC(=O)OC2CC3COC4OCCC2C34)CC(C)C)cc1. The molecular weight excluding hydrogens is 460 g/mol. The Labute approximate surface area is 202 Å². The number of nitrogens with one attached hydrogen (secondary N) is 1. The molecule has 1 saturated carbocycles. The average Bonchev–Trinajstić information content (AvgIpc) is 3.39. The van der Waals surface area contributed by atoms with Gasteiger partial charge < -0.3 is 24.3 Å². The van der Waals surface area contributed by atoms with Crippen molar-refractivity contribution < 1.29 is 32.2 Å². The van der Waals surface area contributed by atoms with Crippen LogP contribution in [0.1, 0.15) is 33.1 Å². The van der Waals surface area contributed by atoms with Crippen molar-refractivity contribution in [3.63, 3.8) is 0 Å². The van der Waals surface area contributed by atoms with Crippen LogP contribution >= 0.6 is 0 Å². The molecule has 2 heterocycles. The number of hydrogen-bond acceptors (Lipinski definition) is 7. The van der Waals surface area contributed by atoms with Gasteiger partial charge in [-0.1, -0.05) is 13.8 Å². The van der Waals surface area contributed by atoms with Crippen LogP contribution in [-0.2, 0) is 24.2 Å². The zero-order chi connectivity index (χ0) is 24.3. The molecule has 1 amide bonds. The molecule has 9 nitrogen and oxygen atoms in total. The Hall–Kier alpha value is -1.88. The molecule has 1 aliphatic carbocycles. The van der Waals surface area contributed by atoms with Crippen LogP contribution in [0.15, 0.2) is 29.2 Å². The van der Waals surface area contributed by atoms with Gasteiger partial charge in [0.2, 0.25) is 10.0 Å². The third-order valence-electron chi connectivity index (χ3n) is 6.95. The average molecular weight is 497 g/mol. The highest BCUT2D eigenvalue weighted by atomic mass is 32.2. The fraction of sp³-hybridized carbons (Fsp3) is 0.708. The van der Waals surface area contributed by atoms with E-state index in [4.69, 9.17) is 18.9 Å². The highest BCUT2D eigenvalue weighted by molar-refractivity contribution is 7.89. The van der Waals surface area contributed by atoms with Crippen molar-refractivity contribution in [2.45, 2.75) is 50.4 Å². The molecule has 0 radical (unpaired) electrons. The Morgan fingerprint density at radius 1 is 1.24 bits per heavy atom. The summed E-state index contributed by atoms with van der Waals surface area (Å²) in [5, 5.41) is 2.80. The lowest BCUT2D eigenvalue weighted by atomic mass is 9.87. The summed E-state index contributed by atoms with van der Waals surface area (Å²) in [4.78, 5) is 12.7. The number of amides is 1. The minimum atomic E-state index is -3.65. The molecule has 1 aromatic rings. The lowest BCUT2D eigenvalue weighted by Gasteiger charge is -2.32. The Kier molecular flexibility index (Phi) is 8.01. The number of benzene rings is 1. The van der Waals surface area contributed by atoms with E-state index in [9.17, 15) is 13.2 Å². The number of nitrogens with zero attached hydrogens (tertiary/aromatic N) is 1. The van der Waals surface area contributed by atoms with E-state index in [0.29, 0.717) is 56.9 Å². The summed E-state index contributed by atoms with van der Waals surface area (Å²) in [5.74, 6) is 1.76. The summed E-state index contributed by atoms with van der Waals surface area (Å²) in [6, 6.07) is 6.39. The summed E-state index contributed by atoms with van der Waals surface area (Å²) in [6.07, 6.45) is 1.47. The molecule has 190 valence electrons. The summed E-state index contributed by atoms with van der Waals surface area (Å²) in [7, 11) is -2.11. The number of hydrogen-bond donors (Lipinski definition) is 1. The van der Waals surface area contributed by atoms with Gasteiger partial charge in [-0.15, -0.1) is 0 Å². The van der Waals surface area contributed by atoms with Crippen molar-refractivity contribution in [2.24, 2.45) is 23.7 Å². The van der Waals surface area contributed by atoms with E-state index >= 15 is 0 Å². The number of carbonyl (C=O) groups excluding carboxylic acids is 1. The van der Waals surface area contributed by atoms with Crippen LogP contribution in [0, 0.1) is 23.7 Å². The molecule has 1 N–H and O–H groups in total. The summed E-state index contributed by atoms with van der Waals surface area (Å²) < 4.78 is 50.1. The van der Waals surface area contributed by atoms with Gasteiger partial charge in [0.05, 0.1) is 25.2 Å². The van der Waals surface area contributed by atoms with Crippen molar-refractivity contribution >= 4 is 16.1 Å². The maximum absolute atomic E-state index is 13.2. The molecule has 5 unspecified atom stereocenters. The van der Waals surface area contributed by atoms with Crippen molar-refractivity contribution in [3.8, 4) is 5.75 Å². The third-order valence-corrected chi connectivity index (χ3v) is 8.83. The topological polar surface area (TPSA) is 103 Å². The highest BCUT2D eigenvalue weighted by Gasteiger charge is 2.54. The van der Waals surface area contributed by atoms with E-state index in [-0.39, 0.29) is 29.1 Å². The second kappa shape index (κ2) is 10.8. The first-order valence-corrected chi connectivity index (χ1v) is 13.6. The highest BCUT2D eigenvalue weighted by Crippen LogP contribution is 2.49. The van der Waals surface area contributed by atoms with Gasteiger partial charge in [0.15, 0.2) is 6.29 Å². The fourth-order valence-corrected chi connectivity index (χ4v) is 7.03. The first-order chi connectivity index (χ1) is 16.3. The Morgan fingerprint density at radius 3 is 2.71 bits per heavy atom. The van der Waals surface area contributed by atoms with E-state index in [1.54, 1.807) is 31.4 Å². The lowest BCUT2D eigenvalue weighted by molar-refractivity contribution is -0.173. The Balaban J connectivity index is 1.27. The van der Waals surface area contributed by atoms with Crippen molar-refractivity contribution in [2.75, 3.05) is 40.0 Å². The van der Waals surface area contributed by atoms with Gasteiger partial charge in [-0.05, 0) is 55.4 Å². The number of ether oxygens (including phenoxy) is 4. The summed E-state index contributed by atoms with van der Waals surface area (Å²) >= 11 is 0. The standard InChI is InChI=1S/C24H36N2O7S/c1-16(2)14-26(34(28,29)19-7-5-18(30-3)6-8-19)11-4-10-25-24(27)33-21-13-17-15-32-23-22(17)20(21)9-12-31-23/h5-8,16-17,20-23H,4,9-15H2,1-3H3,(H,25,27). The molecule has 1 aromatic carbocycles. The van der Waals surface area contributed by atoms with E-state index in [1.807, 2.05) is 13.8 Å². The first-order valence-electron chi connectivity index (χ1n) is 12.1. The number of alkyl carbamates (subject to hydrolysis) is 1. The lowest BCUT2D eigenvalue weighted by Crippen LogP contribution is -2.39. The molecule has 4 rings (SSSR count). The van der Waals surface area contributed by atoms with Crippen LogP contribution in [0.4, 0.5) is 4.79 Å². The van der Waals surface area contributed by atoms with Crippen molar-refractivity contribution in [3.05, 3.63) is 24.3 Å². The number of rotatable bonds is 10. The third kappa shape index (κ3) is 5.50. The maximum Gasteiger partial charge on any atom is 0.407 e. The predicted octanol–water partition coefficient (Wildman–Crippen LogP) is 2.86. The fourth-order valence-electron chi connectivity index (χ4n) is 5.39. The molecule has 5 atom stereocenters. The molecule has 34 heavy (non-hydrogen) atoms. The number of methoxy groups -OCH3 is 1. The van der Waals surface area contributed by atoms with Crippen LogP contribution < -0.4 is 10.1 Å². The smallest absolute Gasteiger partial charge is 0.407 e. The van der Waals surface area contributed by atoms with Crippen molar-refractivity contribution in [1.82, 2.24) is 9.62 Å². The molecular formula is C24H36N2O7S. The Morgan fingerprint density at radius 2 is 2.00 bits per heavy atom. The van der Waals surface area contributed by atoms with Gasteiger partial charge in [0.1, 0.15) is 11.9 Å². The van der Waals surface area contributed by atoms with Gasteiger partial charge >= 0.3 is 6.09 Å². The molecule has 3 fully saturated rings.